The second kappa shape index (κ2) is 6.92. The van der Waals surface area contributed by atoms with Crippen LogP contribution in [0.15, 0.2) is 29.1 Å². The molecule has 1 N–H and O–H groups in total. The Balaban J connectivity index is 1.83. The van der Waals surface area contributed by atoms with Gasteiger partial charge < -0.3 is 14.6 Å². The largest absolute Gasteiger partial charge is 0.451 e. The SMILES string of the molecule is Cc1sc2nc([C@H](C)OC(=O)c3ccc(N(C)C)cc3)[nH]c(=O)c2c1C. The highest BCUT2D eigenvalue weighted by atomic mass is 32.1. The number of carbonyl (C=O) groups excluding carboxylic acids is 1. The maximum atomic E-state index is 12.4. The summed E-state index contributed by atoms with van der Waals surface area (Å²) in [6.45, 7) is 5.57. The van der Waals surface area contributed by atoms with E-state index in [1.165, 1.54) is 11.3 Å². The van der Waals surface area contributed by atoms with Crippen LogP contribution in [0.1, 0.15) is 39.7 Å². The quantitative estimate of drug-likeness (QED) is 0.710. The normalized spacial score (nSPS) is 12.2. The number of aryl methyl sites for hydroxylation is 2. The van der Waals surface area contributed by atoms with Crippen LogP contribution in [-0.4, -0.2) is 30.0 Å². The van der Waals surface area contributed by atoms with Gasteiger partial charge in [0.15, 0.2) is 11.9 Å². The minimum absolute atomic E-state index is 0.204. The summed E-state index contributed by atoms with van der Waals surface area (Å²) >= 11 is 1.47. The van der Waals surface area contributed by atoms with E-state index < -0.39 is 12.1 Å². The summed E-state index contributed by atoms with van der Waals surface area (Å²) in [4.78, 5) is 35.6. The molecule has 0 aliphatic heterocycles. The molecule has 1 atom stereocenters. The van der Waals surface area contributed by atoms with Gasteiger partial charge in [-0.05, 0) is 50.6 Å². The Labute approximate surface area is 155 Å². The minimum atomic E-state index is -0.657. The van der Waals surface area contributed by atoms with E-state index in [2.05, 4.69) is 9.97 Å². The van der Waals surface area contributed by atoms with Crippen molar-refractivity contribution in [2.45, 2.75) is 26.9 Å². The van der Waals surface area contributed by atoms with Crippen molar-refractivity contribution >= 4 is 33.2 Å². The van der Waals surface area contributed by atoms with E-state index in [4.69, 9.17) is 4.74 Å². The number of anilines is 1. The van der Waals surface area contributed by atoms with Crippen LogP contribution in [0.3, 0.4) is 0 Å². The second-order valence-electron chi connectivity index (χ2n) is 6.40. The summed E-state index contributed by atoms with van der Waals surface area (Å²) in [5, 5.41) is 0.606. The van der Waals surface area contributed by atoms with E-state index in [1.54, 1.807) is 19.1 Å². The Morgan fingerprint density at radius 2 is 1.88 bits per heavy atom. The zero-order chi connectivity index (χ0) is 19.0. The molecule has 0 aliphatic rings. The van der Waals surface area contributed by atoms with Gasteiger partial charge in [-0.1, -0.05) is 0 Å². The van der Waals surface area contributed by atoms with Crippen molar-refractivity contribution < 1.29 is 9.53 Å². The molecule has 2 heterocycles. The van der Waals surface area contributed by atoms with Crippen molar-refractivity contribution in [3.05, 3.63) is 56.4 Å². The molecule has 3 rings (SSSR count). The van der Waals surface area contributed by atoms with Gasteiger partial charge in [-0.2, -0.15) is 0 Å². The van der Waals surface area contributed by atoms with E-state index in [-0.39, 0.29) is 5.56 Å². The predicted octanol–water partition coefficient (Wildman–Crippen LogP) is 3.59. The lowest BCUT2D eigenvalue weighted by molar-refractivity contribution is 0.0320. The molecule has 0 saturated heterocycles. The third-order valence-electron chi connectivity index (χ3n) is 4.35. The molecule has 0 amide bonds. The monoisotopic (exact) mass is 371 g/mol. The highest BCUT2D eigenvalue weighted by molar-refractivity contribution is 7.18. The topological polar surface area (TPSA) is 75.3 Å². The number of nitrogens with zero attached hydrogens (tertiary/aromatic N) is 2. The fraction of sp³-hybridized carbons (Fsp3) is 0.316. The first-order valence-electron chi connectivity index (χ1n) is 8.26. The van der Waals surface area contributed by atoms with Crippen molar-refractivity contribution in [3.8, 4) is 0 Å². The van der Waals surface area contributed by atoms with Crippen LogP contribution >= 0.6 is 11.3 Å². The molecular weight excluding hydrogens is 350 g/mol. The number of hydrogen-bond acceptors (Lipinski definition) is 6. The summed E-state index contributed by atoms with van der Waals surface area (Å²) in [5.41, 5.74) is 2.18. The zero-order valence-corrected chi connectivity index (χ0v) is 16.2. The van der Waals surface area contributed by atoms with Crippen LogP contribution in [-0.2, 0) is 4.74 Å². The van der Waals surface area contributed by atoms with Gasteiger partial charge in [0.05, 0.1) is 10.9 Å². The van der Waals surface area contributed by atoms with Crippen LogP contribution < -0.4 is 10.5 Å². The molecule has 26 heavy (non-hydrogen) atoms. The first-order valence-corrected chi connectivity index (χ1v) is 9.08. The van der Waals surface area contributed by atoms with Gasteiger partial charge in [-0.25, -0.2) is 9.78 Å². The minimum Gasteiger partial charge on any atom is -0.451 e. The number of hydrogen-bond donors (Lipinski definition) is 1. The molecule has 0 saturated carbocycles. The lowest BCUT2D eigenvalue weighted by atomic mass is 10.2. The van der Waals surface area contributed by atoms with Gasteiger partial charge in [0.1, 0.15) is 4.83 Å². The average molecular weight is 371 g/mol. The molecule has 3 aromatic rings. The number of carbonyl (C=O) groups is 1. The Morgan fingerprint density at radius 3 is 2.50 bits per heavy atom. The molecule has 0 fully saturated rings. The standard InChI is InChI=1S/C19H21N3O3S/c1-10-12(3)26-18-15(10)17(23)20-16(21-18)11(2)25-19(24)13-6-8-14(9-7-13)22(4)5/h6-9,11H,1-5H3,(H,20,21,23)/t11-/m0/s1. The second-order valence-corrected chi connectivity index (χ2v) is 7.61. The molecule has 6 nitrogen and oxygen atoms in total. The predicted molar refractivity (Wildman–Crippen MR) is 104 cm³/mol. The average Bonchev–Trinajstić information content (AvgIpc) is 2.89. The Kier molecular flexibility index (Phi) is 4.82. The Morgan fingerprint density at radius 1 is 1.23 bits per heavy atom. The van der Waals surface area contributed by atoms with Crippen LogP contribution in [0, 0.1) is 13.8 Å². The highest BCUT2D eigenvalue weighted by Crippen LogP contribution is 2.27. The lowest BCUT2D eigenvalue weighted by Crippen LogP contribution is -2.17. The molecule has 0 bridgehead atoms. The number of H-pyrrole nitrogens is 1. The van der Waals surface area contributed by atoms with Gasteiger partial charge in [-0.15, -0.1) is 11.3 Å². The van der Waals surface area contributed by atoms with Crippen molar-refractivity contribution in [1.82, 2.24) is 9.97 Å². The number of rotatable bonds is 4. The smallest absolute Gasteiger partial charge is 0.338 e. The van der Waals surface area contributed by atoms with Gasteiger partial charge in [0, 0.05) is 24.7 Å². The molecule has 1 aromatic carbocycles. The van der Waals surface area contributed by atoms with Crippen molar-refractivity contribution in [2.24, 2.45) is 0 Å². The number of ether oxygens (including phenoxy) is 1. The number of aromatic amines is 1. The van der Waals surface area contributed by atoms with Crippen molar-refractivity contribution in [1.29, 1.82) is 0 Å². The molecular formula is C19H21N3O3S. The van der Waals surface area contributed by atoms with Crippen LogP contribution in [0.25, 0.3) is 10.2 Å². The van der Waals surface area contributed by atoms with Crippen molar-refractivity contribution in [2.75, 3.05) is 19.0 Å². The zero-order valence-electron chi connectivity index (χ0n) is 15.4. The summed E-state index contributed by atoms with van der Waals surface area (Å²) in [6, 6.07) is 7.14. The van der Waals surface area contributed by atoms with E-state index in [9.17, 15) is 9.59 Å². The number of fused-ring (bicyclic) bond motifs is 1. The maximum absolute atomic E-state index is 12.4. The molecule has 0 spiro atoms. The number of benzene rings is 1. The first kappa shape index (κ1) is 18.1. The number of esters is 1. The van der Waals surface area contributed by atoms with Crippen LogP contribution in [0.4, 0.5) is 5.69 Å². The number of thiophene rings is 1. The van der Waals surface area contributed by atoms with E-state index in [1.807, 2.05) is 45.0 Å². The van der Waals surface area contributed by atoms with Crippen LogP contribution in [0.2, 0.25) is 0 Å². The molecule has 7 heteroatoms. The van der Waals surface area contributed by atoms with E-state index in [0.717, 1.165) is 16.1 Å². The van der Waals surface area contributed by atoms with Crippen LogP contribution in [0.5, 0.6) is 0 Å². The third-order valence-corrected chi connectivity index (χ3v) is 5.45. The molecule has 2 aromatic heterocycles. The van der Waals surface area contributed by atoms with E-state index in [0.29, 0.717) is 21.6 Å². The van der Waals surface area contributed by atoms with Gasteiger partial charge in [0.2, 0.25) is 0 Å². The maximum Gasteiger partial charge on any atom is 0.338 e. The molecule has 0 aliphatic carbocycles. The number of aromatic nitrogens is 2. The summed E-state index contributed by atoms with van der Waals surface area (Å²) in [7, 11) is 3.86. The van der Waals surface area contributed by atoms with E-state index >= 15 is 0 Å². The van der Waals surface area contributed by atoms with Crippen molar-refractivity contribution in [3.63, 3.8) is 0 Å². The third kappa shape index (κ3) is 3.35. The first-order chi connectivity index (χ1) is 12.3. The fourth-order valence-corrected chi connectivity index (χ4v) is 3.68. The number of nitrogens with one attached hydrogen (secondary N) is 1. The van der Waals surface area contributed by atoms with Gasteiger partial charge in [0.25, 0.3) is 5.56 Å². The molecule has 0 radical (unpaired) electrons. The Bertz CT molecular complexity index is 1020. The summed E-state index contributed by atoms with van der Waals surface area (Å²) < 4.78 is 5.48. The summed E-state index contributed by atoms with van der Waals surface area (Å²) in [5.74, 6) is -0.105. The highest BCUT2D eigenvalue weighted by Gasteiger charge is 2.19. The molecule has 0 unspecified atom stereocenters. The Hall–Kier alpha value is -2.67. The van der Waals surface area contributed by atoms with Gasteiger partial charge in [-0.3, -0.25) is 4.79 Å². The molecule has 136 valence electrons. The summed E-state index contributed by atoms with van der Waals surface area (Å²) in [6.07, 6.45) is -0.657. The van der Waals surface area contributed by atoms with Gasteiger partial charge >= 0.3 is 5.97 Å². The fourth-order valence-electron chi connectivity index (χ4n) is 2.64. The lowest BCUT2D eigenvalue weighted by Gasteiger charge is -2.14.